The fourth-order valence-electron chi connectivity index (χ4n) is 1.86. The summed E-state index contributed by atoms with van der Waals surface area (Å²) >= 11 is 0. The van der Waals surface area contributed by atoms with E-state index >= 15 is 0 Å². The fraction of sp³-hybridized carbons (Fsp3) is 0.571. The van der Waals surface area contributed by atoms with Gasteiger partial charge >= 0.3 is 6.18 Å². The molecule has 1 aromatic rings. The van der Waals surface area contributed by atoms with Crippen LogP contribution in [0.3, 0.4) is 0 Å². The molecule has 3 N–H and O–H groups in total. The third kappa shape index (κ3) is 4.45. The van der Waals surface area contributed by atoms with Crippen LogP contribution in [0.25, 0.3) is 0 Å². The van der Waals surface area contributed by atoms with Crippen molar-refractivity contribution in [3.63, 3.8) is 0 Å². The highest BCUT2D eigenvalue weighted by Crippen LogP contribution is 2.31. The molecule has 0 amide bonds. The average molecular weight is 293 g/mol. The van der Waals surface area contributed by atoms with Gasteiger partial charge < -0.3 is 10.8 Å². The Hall–Kier alpha value is -1.14. The van der Waals surface area contributed by atoms with Gasteiger partial charge in [0.1, 0.15) is 5.82 Å². The van der Waals surface area contributed by atoms with Crippen molar-refractivity contribution in [1.29, 1.82) is 0 Å². The predicted molar refractivity (Wildman–Crippen MR) is 68.4 cm³/mol. The van der Waals surface area contributed by atoms with E-state index in [4.69, 9.17) is 5.73 Å². The maximum Gasteiger partial charge on any atom is 0.416 e. The molecule has 0 aromatic heterocycles. The second kappa shape index (κ2) is 6.54. The molecule has 114 valence electrons. The van der Waals surface area contributed by atoms with Crippen molar-refractivity contribution < 1.29 is 22.7 Å². The van der Waals surface area contributed by atoms with E-state index in [-0.39, 0.29) is 5.56 Å². The van der Waals surface area contributed by atoms with E-state index < -0.39 is 29.7 Å². The van der Waals surface area contributed by atoms with Crippen LogP contribution in [-0.4, -0.2) is 11.2 Å². The standard InChI is InChI=1S/C14H19F4NO/c1-8(2)3-6-12(20)13(19)10-5-4-9(7-11(10)15)14(16,17)18/h4-5,7-8,12-13,20H,3,6,19H2,1-2H3/t12-,13+/m1/s1. The molecule has 0 aliphatic carbocycles. The Balaban J connectivity index is 2.86. The molecule has 1 aromatic carbocycles. The molecule has 0 saturated carbocycles. The molecule has 6 heteroatoms. The summed E-state index contributed by atoms with van der Waals surface area (Å²) in [7, 11) is 0. The van der Waals surface area contributed by atoms with E-state index in [9.17, 15) is 22.7 Å². The normalized spacial score (nSPS) is 15.4. The number of hydrogen-bond donors (Lipinski definition) is 2. The highest BCUT2D eigenvalue weighted by molar-refractivity contribution is 5.29. The Bertz CT molecular complexity index is 445. The molecule has 2 atom stereocenters. The second-order valence-electron chi connectivity index (χ2n) is 5.30. The zero-order valence-electron chi connectivity index (χ0n) is 11.4. The zero-order chi connectivity index (χ0) is 15.5. The van der Waals surface area contributed by atoms with Gasteiger partial charge in [-0.2, -0.15) is 13.2 Å². The van der Waals surface area contributed by atoms with Gasteiger partial charge in [-0.3, -0.25) is 0 Å². The number of aliphatic hydroxyl groups is 1. The first-order valence-corrected chi connectivity index (χ1v) is 6.43. The van der Waals surface area contributed by atoms with Crippen LogP contribution < -0.4 is 5.73 Å². The minimum atomic E-state index is -4.60. The van der Waals surface area contributed by atoms with E-state index in [2.05, 4.69) is 0 Å². The molecule has 2 nitrogen and oxygen atoms in total. The Kier molecular flexibility index (Phi) is 5.53. The van der Waals surface area contributed by atoms with Crippen LogP contribution in [0.2, 0.25) is 0 Å². The Morgan fingerprint density at radius 2 is 1.80 bits per heavy atom. The largest absolute Gasteiger partial charge is 0.416 e. The molecule has 0 aliphatic rings. The molecule has 20 heavy (non-hydrogen) atoms. The highest BCUT2D eigenvalue weighted by Gasteiger charge is 2.32. The third-order valence-electron chi connectivity index (χ3n) is 3.14. The maximum atomic E-state index is 13.7. The first-order valence-electron chi connectivity index (χ1n) is 6.43. The van der Waals surface area contributed by atoms with E-state index in [0.29, 0.717) is 24.8 Å². The second-order valence-corrected chi connectivity index (χ2v) is 5.30. The Morgan fingerprint density at radius 1 is 1.20 bits per heavy atom. The number of aliphatic hydroxyl groups excluding tert-OH is 1. The number of alkyl halides is 3. The summed E-state index contributed by atoms with van der Waals surface area (Å²) in [5, 5.41) is 9.86. The number of nitrogens with two attached hydrogens (primary N) is 1. The molecular formula is C14H19F4NO. The van der Waals surface area contributed by atoms with Gasteiger partial charge in [-0.15, -0.1) is 0 Å². The van der Waals surface area contributed by atoms with Gasteiger partial charge in [-0.25, -0.2) is 4.39 Å². The van der Waals surface area contributed by atoms with Crippen molar-refractivity contribution in [1.82, 2.24) is 0 Å². The van der Waals surface area contributed by atoms with Gasteiger partial charge in [-0.05, 0) is 30.9 Å². The Labute approximate surface area is 115 Å². The summed E-state index contributed by atoms with van der Waals surface area (Å²) in [5.41, 5.74) is 4.54. The zero-order valence-corrected chi connectivity index (χ0v) is 11.4. The van der Waals surface area contributed by atoms with Crippen molar-refractivity contribution in [2.45, 2.75) is 45.0 Å². The van der Waals surface area contributed by atoms with E-state index in [0.717, 1.165) is 12.1 Å². The molecular weight excluding hydrogens is 274 g/mol. The van der Waals surface area contributed by atoms with Crippen LogP contribution in [0.4, 0.5) is 17.6 Å². The van der Waals surface area contributed by atoms with Crippen LogP contribution in [0.15, 0.2) is 18.2 Å². The van der Waals surface area contributed by atoms with Crippen LogP contribution in [0, 0.1) is 11.7 Å². The monoisotopic (exact) mass is 293 g/mol. The minimum Gasteiger partial charge on any atom is -0.391 e. The summed E-state index contributed by atoms with van der Waals surface area (Å²) in [6.45, 7) is 3.94. The average Bonchev–Trinajstić information content (AvgIpc) is 2.33. The lowest BCUT2D eigenvalue weighted by Gasteiger charge is -2.21. The van der Waals surface area contributed by atoms with Gasteiger partial charge in [-0.1, -0.05) is 19.9 Å². The van der Waals surface area contributed by atoms with E-state index in [1.807, 2.05) is 13.8 Å². The van der Waals surface area contributed by atoms with Gasteiger partial charge in [0.2, 0.25) is 0 Å². The number of hydrogen-bond acceptors (Lipinski definition) is 2. The molecule has 0 fully saturated rings. The summed E-state index contributed by atoms with van der Waals surface area (Å²) in [5.74, 6) is -0.690. The molecule has 0 aliphatic heterocycles. The summed E-state index contributed by atoms with van der Waals surface area (Å²) < 4.78 is 51.0. The van der Waals surface area contributed by atoms with Gasteiger partial charge in [0.05, 0.1) is 17.7 Å². The SMILES string of the molecule is CC(C)CC[C@@H](O)[C@@H](N)c1ccc(C(F)(F)F)cc1F. The molecule has 0 bridgehead atoms. The van der Waals surface area contributed by atoms with Crippen molar-refractivity contribution in [2.24, 2.45) is 11.7 Å². The number of rotatable bonds is 5. The first-order chi connectivity index (χ1) is 9.12. The van der Waals surface area contributed by atoms with Gasteiger partial charge in [0, 0.05) is 5.56 Å². The molecule has 0 spiro atoms. The summed E-state index contributed by atoms with van der Waals surface area (Å²) in [6, 6.07) is 1.13. The van der Waals surface area contributed by atoms with Gasteiger partial charge in [0.25, 0.3) is 0 Å². The van der Waals surface area contributed by atoms with E-state index in [1.165, 1.54) is 0 Å². The van der Waals surface area contributed by atoms with Crippen molar-refractivity contribution in [3.05, 3.63) is 35.1 Å². The summed E-state index contributed by atoms with van der Waals surface area (Å²) in [4.78, 5) is 0. The van der Waals surface area contributed by atoms with Crippen LogP contribution in [0.1, 0.15) is 43.9 Å². The molecule has 1 rings (SSSR count). The quantitative estimate of drug-likeness (QED) is 0.814. The Morgan fingerprint density at radius 3 is 2.25 bits per heavy atom. The van der Waals surface area contributed by atoms with Gasteiger partial charge in [0.15, 0.2) is 0 Å². The smallest absolute Gasteiger partial charge is 0.391 e. The molecule has 0 heterocycles. The topological polar surface area (TPSA) is 46.2 Å². The lowest BCUT2D eigenvalue weighted by Crippen LogP contribution is -2.27. The fourth-order valence-corrected chi connectivity index (χ4v) is 1.86. The first kappa shape index (κ1) is 16.9. The third-order valence-corrected chi connectivity index (χ3v) is 3.14. The molecule has 0 radical (unpaired) electrons. The van der Waals surface area contributed by atoms with Crippen molar-refractivity contribution in [2.75, 3.05) is 0 Å². The lowest BCUT2D eigenvalue weighted by atomic mass is 9.95. The highest BCUT2D eigenvalue weighted by atomic mass is 19.4. The van der Waals surface area contributed by atoms with Crippen molar-refractivity contribution >= 4 is 0 Å². The number of halogens is 4. The number of benzene rings is 1. The van der Waals surface area contributed by atoms with Crippen LogP contribution >= 0.6 is 0 Å². The van der Waals surface area contributed by atoms with E-state index in [1.54, 1.807) is 0 Å². The molecule has 0 unspecified atom stereocenters. The van der Waals surface area contributed by atoms with Crippen LogP contribution in [0.5, 0.6) is 0 Å². The van der Waals surface area contributed by atoms with Crippen LogP contribution in [-0.2, 0) is 6.18 Å². The van der Waals surface area contributed by atoms with Crippen molar-refractivity contribution in [3.8, 4) is 0 Å². The maximum absolute atomic E-state index is 13.7. The lowest BCUT2D eigenvalue weighted by molar-refractivity contribution is -0.137. The molecule has 0 saturated heterocycles. The predicted octanol–water partition coefficient (Wildman–Crippen LogP) is 3.64. The summed E-state index contributed by atoms with van der Waals surface area (Å²) in [6.07, 6.45) is -4.50. The minimum absolute atomic E-state index is 0.103.